The highest BCUT2D eigenvalue weighted by Crippen LogP contribution is 2.28. The van der Waals surface area contributed by atoms with Crippen LogP contribution in [0.1, 0.15) is 45.2 Å². The molecular weight excluding hydrogens is 426 g/mol. The maximum Gasteiger partial charge on any atom is 0.220 e. The summed E-state index contributed by atoms with van der Waals surface area (Å²) < 4.78 is 13.8. The highest BCUT2D eigenvalue weighted by atomic mass is 35.5. The van der Waals surface area contributed by atoms with Crippen molar-refractivity contribution in [1.82, 2.24) is 10.2 Å². The van der Waals surface area contributed by atoms with Crippen molar-refractivity contribution >= 4 is 48.8 Å². The van der Waals surface area contributed by atoms with Gasteiger partial charge in [0.25, 0.3) is 0 Å². The maximum atomic E-state index is 13.8. The number of likely N-dealkylation sites (N-methyl/N-ethyl adjacent to an activating group) is 1. The van der Waals surface area contributed by atoms with Crippen molar-refractivity contribution in [2.45, 2.75) is 45.7 Å². The molecule has 0 aliphatic carbocycles. The van der Waals surface area contributed by atoms with Crippen molar-refractivity contribution in [3.05, 3.63) is 29.6 Å². The van der Waals surface area contributed by atoms with Crippen LogP contribution in [0.4, 0.5) is 10.1 Å². The van der Waals surface area contributed by atoms with Crippen molar-refractivity contribution in [2.24, 2.45) is 5.73 Å². The summed E-state index contributed by atoms with van der Waals surface area (Å²) >= 11 is 0. The average molecular weight is 460 g/mol. The van der Waals surface area contributed by atoms with Crippen molar-refractivity contribution in [1.29, 1.82) is 0 Å². The Hall–Kier alpha value is -0.790. The molecule has 0 saturated carbocycles. The molecule has 1 aliphatic rings. The number of rotatable bonds is 7. The average Bonchev–Trinajstić information content (AvgIpc) is 2.60. The summed E-state index contributed by atoms with van der Waals surface area (Å²) in [7, 11) is 0. The summed E-state index contributed by atoms with van der Waals surface area (Å²) in [5, 5.41) is 2.98. The molecule has 0 bridgehead atoms. The van der Waals surface area contributed by atoms with Gasteiger partial charge in [-0.3, -0.25) is 4.79 Å². The molecule has 0 radical (unpaired) electrons. The summed E-state index contributed by atoms with van der Waals surface area (Å²) in [5.74, 6) is -0.321. The number of nitrogens with one attached hydrogen (secondary N) is 1. The molecule has 2 rings (SSSR count). The Balaban J connectivity index is 0. The van der Waals surface area contributed by atoms with Crippen LogP contribution >= 0.6 is 37.2 Å². The number of carbonyl (C=O) groups excluding carboxylic acids is 1. The highest BCUT2D eigenvalue weighted by Gasteiger charge is 2.21. The zero-order valence-corrected chi connectivity index (χ0v) is 19.3. The third-order valence-electron chi connectivity index (χ3n) is 4.82. The first-order chi connectivity index (χ1) is 11.9. The molecule has 1 aromatic carbocycles. The molecule has 2 unspecified atom stereocenters. The fraction of sp³-hybridized carbons (Fsp3) is 0.632. The van der Waals surface area contributed by atoms with Crippen molar-refractivity contribution in [2.75, 3.05) is 37.6 Å². The molecule has 9 heteroatoms. The van der Waals surface area contributed by atoms with E-state index in [1.165, 1.54) is 12.1 Å². The van der Waals surface area contributed by atoms with Gasteiger partial charge in [0.15, 0.2) is 0 Å². The van der Waals surface area contributed by atoms with Crippen LogP contribution in [0.2, 0.25) is 0 Å². The molecule has 0 spiro atoms. The molecule has 2 atom stereocenters. The van der Waals surface area contributed by atoms with Crippen molar-refractivity contribution in [3.8, 4) is 0 Å². The maximum absolute atomic E-state index is 13.8. The molecule has 1 aliphatic heterocycles. The molecular formula is C19H34Cl3FN4O. The monoisotopic (exact) mass is 458 g/mol. The van der Waals surface area contributed by atoms with Crippen LogP contribution in [0.15, 0.2) is 18.2 Å². The first-order valence-corrected chi connectivity index (χ1v) is 9.22. The zero-order valence-electron chi connectivity index (χ0n) is 16.8. The minimum Gasteiger partial charge on any atom is -0.369 e. The van der Waals surface area contributed by atoms with Crippen LogP contribution in [0, 0.1) is 5.82 Å². The molecule has 1 heterocycles. The molecule has 5 nitrogen and oxygen atoms in total. The van der Waals surface area contributed by atoms with E-state index in [9.17, 15) is 9.18 Å². The Morgan fingerprint density at radius 3 is 2.32 bits per heavy atom. The molecule has 1 fully saturated rings. The lowest BCUT2D eigenvalue weighted by molar-refractivity contribution is -0.121. The van der Waals surface area contributed by atoms with E-state index in [4.69, 9.17) is 5.73 Å². The van der Waals surface area contributed by atoms with Crippen molar-refractivity contribution < 1.29 is 9.18 Å². The lowest BCUT2D eigenvalue weighted by Crippen LogP contribution is -2.46. The molecule has 1 aromatic rings. The van der Waals surface area contributed by atoms with Gasteiger partial charge in [0.1, 0.15) is 5.82 Å². The van der Waals surface area contributed by atoms with E-state index < -0.39 is 0 Å². The van der Waals surface area contributed by atoms with E-state index in [0.717, 1.165) is 44.0 Å². The second-order valence-corrected chi connectivity index (χ2v) is 6.93. The molecule has 1 saturated heterocycles. The highest BCUT2D eigenvalue weighted by molar-refractivity contribution is 5.86. The second-order valence-electron chi connectivity index (χ2n) is 6.93. The third-order valence-corrected chi connectivity index (χ3v) is 4.82. The SMILES string of the molecule is CCN1CCN(c2ccc(F)cc2C(C)NC(=O)CCC(C)N)CC1.Cl.Cl.Cl. The number of piperazine rings is 1. The van der Waals surface area contributed by atoms with Crippen LogP contribution in [-0.4, -0.2) is 49.6 Å². The van der Waals surface area contributed by atoms with Crippen molar-refractivity contribution in [3.63, 3.8) is 0 Å². The van der Waals surface area contributed by atoms with Gasteiger partial charge in [0, 0.05) is 49.9 Å². The summed E-state index contributed by atoms with van der Waals surface area (Å²) in [6, 6.07) is 4.63. The van der Waals surface area contributed by atoms with E-state index in [1.807, 2.05) is 19.9 Å². The summed E-state index contributed by atoms with van der Waals surface area (Å²) in [6.45, 7) is 10.8. The lowest BCUT2D eigenvalue weighted by Gasteiger charge is -2.37. The van der Waals surface area contributed by atoms with E-state index >= 15 is 0 Å². The predicted octanol–water partition coefficient (Wildman–Crippen LogP) is 3.54. The normalized spacial score (nSPS) is 16.1. The largest absolute Gasteiger partial charge is 0.369 e. The molecule has 28 heavy (non-hydrogen) atoms. The van der Waals surface area contributed by atoms with Gasteiger partial charge in [-0.05, 0) is 45.0 Å². The zero-order chi connectivity index (χ0) is 18.4. The first-order valence-electron chi connectivity index (χ1n) is 9.22. The minimum absolute atomic E-state index is 0. The number of carbonyl (C=O) groups is 1. The number of hydrogen-bond acceptors (Lipinski definition) is 4. The Kier molecular flexibility index (Phi) is 15.0. The fourth-order valence-corrected chi connectivity index (χ4v) is 3.22. The molecule has 164 valence electrons. The third kappa shape index (κ3) is 8.70. The van der Waals surface area contributed by atoms with Gasteiger partial charge in [-0.2, -0.15) is 0 Å². The van der Waals surface area contributed by atoms with Crippen LogP contribution in [-0.2, 0) is 4.79 Å². The smallest absolute Gasteiger partial charge is 0.220 e. The summed E-state index contributed by atoms with van der Waals surface area (Å²) in [5.41, 5.74) is 7.55. The molecule has 1 amide bonds. The number of nitrogens with two attached hydrogens (primary N) is 1. The molecule has 3 N–H and O–H groups in total. The Bertz CT molecular complexity index is 584. The first kappa shape index (κ1) is 29.4. The van der Waals surface area contributed by atoms with E-state index in [2.05, 4.69) is 22.0 Å². The minimum atomic E-state index is -0.275. The van der Waals surface area contributed by atoms with Crippen LogP contribution in [0.5, 0.6) is 0 Å². The van der Waals surface area contributed by atoms with Crippen LogP contribution in [0.3, 0.4) is 0 Å². The lowest BCUT2D eigenvalue weighted by atomic mass is 10.0. The Morgan fingerprint density at radius 1 is 1.18 bits per heavy atom. The predicted molar refractivity (Wildman–Crippen MR) is 122 cm³/mol. The van der Waals surface area contributed by atoms with Gasteiger partial charge in [-0.1, -0.05) is 6.92 Å². The number of nitrogens with zero attached hydrogens (tertiary/aromatic N) is 2. The fourth-order valence-electron chi connectivity index (χ4n) is 3.22. The van der Waals surface area contributed by atoms with Gasteiger partial charge < -0.3 is 20.9 Å². The van der Waals surface area contributed by atoms with Crippen LogP contribution in [0.25, 0.3) is 0 Å². The number of benzene rings is 1. The topological polar surface area (TPSA) is 61.6 Å². The van der Waals surface area contributed by atoms with Gasteiger partial charge in [-0.25, -0.2) is 4.39 Å². The van der Waals surface area contributed by atoms with E-state index in [-0.39, 0.29) is 61.0 Å². The summed E-state index contributed by atoms with van der Waals surface area (Å²) in [4.78, 5) is 16.8. The Labute approximate surface area is 186 Å². The standard InChI is InChI=1S/C19H31FN4O.3ClH/c1-4-23-9-11-24(12-10-23)18-7-6-16(20)13-17(18)15(3)22-19(25)8-5-14(2)21;;;/h6-7,13-15H,4-5,8-12,21H2,1-3H3,(H,22,25);3*1H. The van der Waals surface area contributed by atoms with E-state index in [0.29, 0.717) is 12.8 Å². The molecule has 0 aromatic heterocycles. The van der Waals surface area contributed by atoms with E-state index in [1.54, 1.807) is 0 Å². The Morgan fingerprint density at radius 2 is 1.79 bits per heavy atom. The number of halogens is 4. The number of anilines is 1. The number of amides is 1. The quantitative estimate of drug-likeness (QED) is 0.655. The number of hydrogen-bond donors (Lipinski definition) is 2. The van der Waals surface area contributed by atoms with Gasteiger partial charge in [0.2, 0.25) is 5.91 Å². The van der Waals surface area contributed by atoms with Gasteiger partial charge >= 0.3 is 0 Å². The van der Waals surface area contributed by atoms with Gasteiger partial charge in [-0.15, -0.1) is 37.2 Å². The van der Waals surface area contributed by atoms with Gasteiger partial charge in [0.05, 0.1) is 6.04 Å². The van der Waals surface area contributed by atoms with Crippen LogP contribution < -0.4 is 16.0 Å². The second kappa shape index (κ2) is 14.2. The summed E-state index contributed by atoms with van der Waals surface area (Å²) in [6.07, 6.45) is 1.04.